The second kappa shape index (κ2) is 55.9. The van der Waals surface area contributed by atoms with Gasteiger partial charge in [0, 0.05) is 12.8 Å². The average molecular weight is 1080 g/mol. The first-order valence-corrected chi connectivity index (χ1v) is 31.4. The molecule has 76 heavy (non-hydrogen) atoms. The van der Waals surface area contributed by atoms with Gasteiger partial charge in [0.05, 0.1) is 27.7 Å². The number of hydrogen-bond acceptors (Lipinski definition) is 8. The molecule has 10 heteroatoms. The number of allylic oxidation sites excluding steroid dienone is 22. The van der Waals surface area contributed by atoms with Gasteiger partial charge in [-0.05, 0) is 109 Å². The van der Waals surface area contributed by atoms with Gasteiger partial charge in [-0.3, -0.25) is 14.2 Å². The first kappa shape index (κ1) is 72.2. The third kappa shape index (κ3) is 59.4. The predicted octanol–water partition coefficient (Wildman–Crippen LogP) is 18.3. The van der Waals surface area contributed by atoms with Crippen LogP contribution in [-0.2, 0) is 32.7 Å². The third-order valence-electron chi connectivity index (χ3n) is 12.1. The van der Waals surface area contributed by atoms with Crippen LogP contribution in [0.1, 0.15) is 219 Å². The number of unbranched alkanes of at least 4 members (excludes halogenated alkanes) is 17. The summed E-state index contributed by atoms with van der Waals surface area (Å²) in [5.41, 5.74) is 0. The monoisotopic (exact) mass is 1080 g/mol. The molecule has 0 bridgehead atoms. The highest BCUT2D eigenvalue weighted by atomic mass is 31.2. The van der Waals surface area contributed by atoms with Crippen molar-refractivity contribution in [2.45, 2.75) is 225 Å². The van der Waals surface area contributed by atoms with E-state index in [-0.39, 0.29) is 26.1 Å². The molecule has 0 N–H and O–H groups in total. The molecular weight excluding hydrogens is 966 g/mol. The van der Waals surface area contributed by atoms with Crippen molar-refractivity contribution in [3.63, 3.8) is 0 Å². The number of phosphoric acid groups is 1. The maximum Gasteiger partial charge on any atom is 0.306 e. The number of carbonyl (C=O) groups is 2. The Morgan fingerprint density at radius 1 is 0.421 bits per heavy atom. The van der Waals surface area contributed by atoms with Crippen molar-refractivity contribution in [1.82, 2.24) is 0 Å². The minimum absolute atomic E-state index is 0.0397. The van der Waals surface area contributed by atoms with E-state index in [4.69, 9.17) is 18.5 Å². The largest absolute Gasteiger partial charge is 0.756 e. The second-order valence-corrected chi connectivity index (χ2v) is 22.0. The summed E-state index contributed by atoms with van der Waals surface area (Å²) in [6.45, 7) is 4.02. The summed E-state index contributed by atoms with van der Waals surface area (Å²) in [6.07, 6.45) is 80.8. The molecule has 0 saturated carbocycles. The average Bonchev–Trinajstić information content (AvgIpc) is 3.38. The first-order valence-electron chi connectivity index (χ1n) is 29.9. The molecule has 0 radical (unpaired) electrons. The molecular formula is C66H110NO8P. The van der Waals surface area contributed by atoms with Gasteiger partial charge < -0.3 is 27.9 Å². The molecule has 9 nitrogen and oxygen atoms in total. The van der Waals surface area contributed by atoms with Gasteiger partial charge in [0.25, 0.3) is 7.82 Å². The zero-order valence-corrected chi connectivity index (χ0v) is 49.8. The maximum atomic E-state index is 12.8. The number of phosphoric ester groups is 1. The lowest BCUT2D eigenvalue weighted by Gasteiger charge is -2.28. The number of hydrogen-bond donors (Lipinski definition) is 0. The summed E-state index contributed by atoms with van der Waals surface area (Å²) >= 11 is 0. The highest BCUT2D eigenvalue weighted by Crippen LogP contribution is 2.38. The predicted molar refractivity (Wildman–Crippen MR) is 323 cm³/mol. The number of likely N-dealkylation sites (N-methyl/N-ethyl adjacent to an activating group) is 1. The fourth-order valence-corrected chi connectivity index (χ4v) is 8.30. The van der Waals surface area contributed by atoms with Crippen molar-refractivity contribution in [2.75, 3.05) is 47.5 Å². The Labute approximate surface area is 466 Å². The Balaban J connectivity index is 4.08. The number of ether oxygens (including phenoxy) is 2. The smallest absolute Gasteiger partial charge is 0.306 e. The second-order valence-electron chi connectivity index (χ2n) is 20.6. The van der Waals surface area contributed by atoms with E-state index in [1.54, 1.807) is 0 Å². The van der Waals surface area contributed by atoms with E-state index in [1.807, 2.05) is 21.1 Å². The Morgan fingerprint density at radius 2 is 0.750 bits per heavy atom. The van der Waals surface area contributed by atoms with Crippen molar-refractivity contribution >= 4 is 19.8 Å². The van der Waals surface area contributed by atoms with Gasteiger partial charge in [-0.2, -0.15) is 0 Å². The quantitative estimate of drug-likeness (QED) is 0.0195. The minimum Gasteiger partial charge on any atom is -0.756 e. The molecule has 0 aliphatic carbocycles. The number of carbonyl (C=O) groups excluding carboxylic acids is 2. The summed E-state index contributed by atoms with van der Waals surface area (Å²) in [6, 6.07) is 0. The van der Waals surface area contributed by atoms with E-state index in [0.717, 1.165) is 128 Å². The summed E-state index contributed by atoms with van der Waals surface area (Å²) < 4.78 is 34.1. The molecule has 0 aliphatic heterocycles. The summed E-state index contributed by atoms with van der Waals surface area (Å²) in [5.74, 6) is -0.862. The van der Waals surface area contributed by atoms with E-state index in [0.29, 0.717) is 23.9 Å². The van der Waals surface area contributed by atoms with Crippen molar-refractivity contribution in [3.8, 4) is 0 Å². The standard InChI is InChI=1S/C66H110NO8P/c1-6-8-10-12-14-16-18-20-21-22-23-24-25-26-27-28-29-30-31-32-33-34-35-36-37-38-39-40-41-42-43-44-45-47-49-51-53-55-57-59-66(69)75-64(63-74-76(70,71)73-61-60-67(3,4)5)62-72-65(68)58-56-54-52-50-48-46-19-17-15-13-11-9-7-2/h8,10-11,13-14,16-17,19-21,23-24,26-27,29-30,32-33,35-36,38-39,64H,6-7,9,12,15,18,22,25,28,31,34,37,40-63H2,1-5H3/b10-8-,13-11-,16-14-,19-17-,21-20-,24-23-,27-26-,30-29-,33-32-,36-35-,39-38-. The number of nitrogens with zero attached hydrogens (tertiary/aromatic N) is 1. The van der Waals surface area contributed by atoms with Gasteiger partial charge in [-0.25, -0.2) is 0 Å². The lowest BCUT2D eigenvalue weighted by atomic mass is 10.0. The van der Waals surface area contributed by atoms with E-state index in [2.05, 4.69) is 148 Å². The molecule has 2 atom stereocenters. The minimum atomic E-state index is -4.64. The summed E-state index contributed by atoms with van der Waals surface area (Å²) in [5, 5.41) is 0. The SMILES string of the molecule is CC/C=C\C/C=C\C/C=C\C/C=C\C/C=C\C/C=C\C/C=C\C/C=C\C/C=C\CCCCCCCCCCCCCC(=O)OC(COC(=O)CCCCCCC/C=C\C/C=C\CCC)COP(=O)([O-])OCC[N+](C)(C)C. The van der Waals surface area contributed by atoms with Crippen LogP contribution in [0.25, 0.3) is 0 Å². The topological polar surface area (TPSA) is 111 Å². The van der Waals surface area contributed by atoms with Gasteiger partial charge in [0.15, 0.2) is 6.10 Å². The molecule has 0 spiro atoms. The van der Waals surface area contributed by atoms with Crippen molar-refractivity contribution in [2.24, 2.45) is 0 Å². The van der Waals surface area contributed by atoms with E-state index in [9.17, 15) is 19.0 Å². The molecule has 2 unspecified atom stereocenters. The van der Waals surface area contributed by atoms with Gasteiger partial charge in [0.2, 0.25) is 0 Å². The summed E-state index contributed by atoms with van der Waals surface area (Å²) in [7, 11) is 1.14. The van der Waals surface area contributed by atoms with E-state index < -0.39 is 32.5 Å². The zero-order valence-electron chi connectivity index (χ0n) is 48.9. The molecule has 0 aromatic carbocycles. The van der Waals surface area contributed by atoms with Crippen LogP contribution in [0.2, 0.25) is 0 Å². The van der Waals surface area contributed by atoms with E-state index >= 15 is 0 Å². The normalized spacial score (nSPS) is 14.2. The van der Waals surface area contributed by atoms with E-state index in [1.165, 1.54) is 51.4 Å². The molecule has 0 rings (SSSR count). The van der Waals surface area contributed by atoms with Crippen LogP contribution in [0.3, 0.4) is 0 Å². The van der Waals surface area contributed by atoms with Crippen LogP contribution < -0.4 is 4.89 Å². The molecule has 0 aromatic rings. The lowest BCUT2D eigenvalue weighted by molar-refractivity contribution is -0.870. The molecule has 0 saturated heterocycles. The molecule has 0 aromatic heterocycles. The van der Waals surface area contributed by atoms with Gasteiger partial charge >= 0.3 is 11.9 Å². The van der Waals surface area contributed by atoms with Gasteiger partial charge in [-0.15, -0.1) is 0 Å². The molecule has 0 fully saturated rings. The third-order valence-corrected chi connectivity index (χ3v) is 13.1. The van der Waals surface area contributed by atoms with Crippen LogP contribution in [-0.4, -0.2) is 70.0 Å². The van der Waals surface area contributed by atoms with Gasteiger partial charge in [-0.1, -0.05) is 231 Å². The zero-order chi connectivity index (χ0) is 55.6. The Kier molecular flexibility index (Phi) is 53.1. The number of quaternary nitrogens is 1. The summed E-state index contributed by atoms with van der Waals surface area (Å²) in [4.78, 5) is 37.8. The van der Waals surface area contributed by atoms with Crippen molar-refractivity contribution in [3.05, 3.63) is 134 Å². The van der Waals surface area contributed by atoms with Crippen LogP contribution in [0, 0.1) is 0 Å². The molecule has 432 valence electrons. The molecule has 0 aliphatic rings. The highest BCUT2D eigenvalue weighted by molar-refractivity contribution is 7.45. The number of esters is 2. The van der Waals surface area contributed by atoms with Crippen molar-refractivity contribution < 1.29 is 42.1 Å². The fraction of sp³-hybridized carbons (Fsp3) is 0.636. The van der Waals surface area contributed by atoms with Crippen LogP contribution in [0.4, 0.5) is 0 Å². The fourth-order valence-electron chi connectivity index (χ4n) is 7.57. The Morgan fingerprint density at radius 3 is 1.12 bits per heavy atom. The van der Waals surface area contributed by atoms with Crippen LogP contribution in [0.15, 0.2) is 134 Å². The number of rotatable bonds is 53. The highest BCUT2D eigenvalue weighted by Gasteiger charge is 2.21. The first-order chi connectivity index (χ1) is 37.0. The van der Waals surface area contributed by atoms with Gasteiger partial charge in [0.1, 0.15) is 19.8 Å². The molecule has 0 amide bonds. The van der Waals surface area contributed by atoms with Crippen LogP contribution in [0.5, 0.6) is 0 Å². The Hall–Kier alpha value is -3.85. The lowest BCUT2D eigenvalue weighted by Crippen LogP contribution is -2.37. The Bertz CT molecular complexity index is 1740. The van der Waals surface area contributed by atoms with Crippen LogP contribution >= 0.6 is 7.82 Å². The molecule has 0 heterocycles. The maximum absolute atomic E-state index is 12.8. The van der Waals surface area contributed by atoms with Crippen molar-refractivity contribution in [1.29, 1.82) is 0 Å².